The van der Waals surface area contributed by atoms with Gasteiger partial charge in [0.05, 0.1) is 18.7 Å². The molecule has 3 aliphatic heterocycles. The molecule has 188 valence electrons. The summed E-state index contributed by atoms with van der Waals surface area (Å²) in [7, 11) is 1.63. The number of rotatable bonds is 7. The summed E-state index contributed by atoms with van der Waals surface area (Å²) in [4.78, 5) is 20.7. The highest BCUT2D eigenvalue weighted by Crippen LogP contribution is 2.36. The third-order valence-corrected chi connectivity index (χ3v) is 8.32. The Morgan fingerprint density at radius 2 is 1.63 bits per heavy atom. The maximum absolute atomic E-state index is 13.9. The largest absolute Gasteiger partial charge is 0.495 e. The zero-order valence-electron chi connectivity index (χ0n) is 20.9. The Hall–Kier alpha value is -2.60. The molecule has 1 atom stereocenters. The molecule has 2 aromatic rings. The molecular weight excluding hydrogens is 441 g/mol. The standard InChI is InChI=1S/C29H38FN3O2/c1-35-28-12-11-25(30)19-27(28)32-17-15-31(16-18-32)14-13-26(24-5-3-2-4-6-24)29(34)33-20-22-7-8-23(21-33)10-9-22/h2-6,11-12,19,22-23,26H,7-10,13-18,20-21H2,1H3. The predicted molar refractivity (Wildman–Crippen MR) is 137 cm³/mol. The van der Waals surface area contributed by atoms with Crippen LogP contribution >= 0.6 is 0 Å². The van der Waals surface area contributed by atoms with Crippen LogP contribution in [-0.4, -0.2) is 68.6 Å². The first-order chi connectivity index (χ1) is 17.1. The fraction of sp³-hybridized carbons (Fsp3) is 0.552. The lowest BCUT2D eigenvalue weighted by atomic mass is 9.84. The number of fused-ring (bicyclic) bond motifs is 4. The number of hydrogen-bond acceptors (Lipinski definition) is 4. The Balaban J connectivity index is 1.22. The van der Waals surface area contributed by atoms with Crippen molar-refractivity contribution >= 4 is 11.6 Å². The van der Waals surface area contributed by atoms with E-state index in [4.69, 9.17) is 4.74 Å². The normalized spacial score (nSPS) is 23.7. The molecule has 1 saturated carbocycles. The van der Waals surface area contributed by atoms with Crippen molar-refractivity contribution in [3.05, 3.63) is 59.9 Å². The highest BCUT2D eigenvalue weighted by Gasteiger charge is 2.35. The zero-order valence-corrected chi connectivity index (χ0v) is 20.9. The summed E-state index contributed by atoms with van der Waals surface area (Å²) in [6.45, 7) is 6.19. The molecule has 4 fully saturated rings. The molecule has 0 aromatic heterocycles. The van der Waals surface area contributed by atoms with Crippen LogP contribution < -0.4 is 9.64 Å². The molecule has 5 nitrogen and oxygen atoms in total. The van der Waals surface area contributed by atoms with Gasteiger partial charge in [0.25, 0.3) is 0 Å². The molecule has 35 heavy (non-hydrogen) atoms. The minimum atomic E-state index is -0.241. The van der Waals surface area contributed by atoms with Gasteiger partial charge in [-0.25, -0.2) is 4.39 Å². The smallest absolute Gasteiger partial charge is 0.230 e. The van der Waals surface area contributed by atoms with Crippen LogP contribution in [0.2, 0.25) is 0 Å². The summed E-state index contributed by atoms with van der Waals surface area (Å²) in [6, 6.07) is 15.0. The quantitative estimate of drug-likeness (QED) is 0.573. The first-order valence-corrected chi connectivity index (χ1v) is 13.3. The summed E-state index contributed by atoms with van der Waals surface area (Å²) in [5.74, 6) is 2.06. The minimum absolute atomic E-state index is 0.0879. The van der Waals surface area contributed by atoms with Gasteiger partial charge in [0.2, 0.25) is 5.91 Å². The molecule has 1 aliphatic carbocycles. The lowest BCUT2D eigenvalue weighted by molar-refractivity contribution is -0.133. The zero-order chi connectivity index (χ0) is 24.2. The molecule has 0 N–H and O–H groups in total. The second kappa shape index (κ2) is 11.0. The second-order valence-corrected chi connectivity index (χ2v) is 10.5. The molecule has 2 bridgehead atoms. The molecule has 6 heteroatoms. The van der Waals surface area contributed by atoms with Gasteiger partial charge >= 0.3 is 0 Å². The lowest BCUT2D eigenvalue weighted by Crippen LogP contribution is -2.47. The van der Waals surface area contributed by atoms with Gasteiger partial charge in [-0.3, -0.25) is 9.69 Å². The number of hydrogen-bond donors (Lipinski definition) is 0. The van der Waals surface area contributed by atoms with E-state index in [1.165, 1.54) is 31.7 Å². The number of ether oxygens (including phenoxy) is 1. The van der Waals surface area contributed by atoms with Crippen molar-refractivity contribution in [2.45, 2.75) is 38.0 Å². The van der Waals surface area contributed by atoms with Crippen LogP contribution in [0.5, 0.6) is 5.75 Å². The number of methoxy groups -OCH3 is 1. The fourth-order valence-electron chi connectivity index (χ4n) is 6.25. The first kappa shape index (κ1) is 24.1. The second-order valence-electron chi connectivity index (χ2n) is 10.5. The van der Waals surface area contributed by atoms with Crippen LogP contribution in [0.1, 0.15) is 43.6 Å². The van der Waals surface area contributed by atoms with Crippen molar-refractivity contribution < 1.29 is 13.9 Å². The maximum Gasteiger partial charge on any atom is 0.230 e. The molecular formula is C29H38FN3O2. The predicted octanol–water partition coefficient (Wildman–Crippen LogP) is 4.78. The van der Waals surface area contributed by atoms with Gasteiger partial charge in [0, 0.05) is 45.3 Å². The van der Waals surface area contributed by atoms with Crippen LogP contribution in [0.15, 0.2) is 48.5 Å². The van der Waals surface area contributed by atoms with Gasteiger partial charge in [-0.1, -0.05) is 30.3 Å². The van der Waals surface area contributed by atoms with Crippen LogP contribution in [0.3, 0.4) is 0 Å². The van der Waals surface area contributed by atoms with E-state index in [-0.39, 0.29) is 11.7 Å². The molecule has 1 amide bonds. The van der Waals surface area contributed by atoms with Crippen LogP contribution in [0, 0.1) is 17.7 Å². The Labute approximate surface area is 208 Å². The molecule has 0 radical (unpaired) electrons. The van der Waals surface area contributed by atoms with E-state index in [1.807, 2.05) is 18.2 Å². The van der Waals surface area contributed by atoms with Gasteiger partial charge in [0.1, 0.15) is 11.6 Å². The van der Waals surface area contributed by atoms with Gasteiger partial charge in [-0.15, -0.1) is 0 Å². The lowest BCUT2D eigenvalue weighted by Gasteiger charge is -2.37. The van der Waals surface area contributed by atoms with E-state index in [2.05, 4.69) is 26.8 Å². The summed E-state index contributed by atoms with van der Waals surface area (Å²) < 4.78 is 19.3. The number of nitrogens with zero attached hydrogens (tertiary/aromatic N) is 3. The molecule has 3 saturated heterocycles. The van der Waals surface area contributed by atoms with Gasteiger partial charge in [-0.05, 0) is 68.2 Å². The van der Waals surface area contributed by atoms with Crippen molar-refractivity contribution in [2.24, 2.45) is 11.8 Å². The average molecular weight is 480 g/mol. The van der Waals surface area contributed by atoms with Crippen molar-refractivity contribution in [3.63, 3.8) is 0 Å². The van der Waals surface area contributed by atoms with E-state index in [9.17, 15) is 9.18 Å². The topological polar surface area (TPSA) is 36.0 Å². The monoisotopic (exact) mass is 479 g/mol. The summed E-state index contributed by atoms with van der Waals surface area (Å²) >= 11 is 0. The number of anilines is 1. The number of carbonyl (C=O) groups is 1. The summed E-state index contributed by atoms with van der Waals surface area (Å²) in [5.41, 5.74) is 1.96. The molecule has 1 unspecified atom stereocenters. The number of benzene rings is 2. The van der Waals surface area contributed by atoms with Crippen molar-refractivity contribution in [2.75, 3.05) is 57.8 Å². The summed E-state index contributed by atoms with van der Waals surface area (Å²) in [5, 5.41) is 0. The van der Waals surface area contributed by atoms with Gasteiger partial charge in [-0.2, -0.15) is 0 Å². The number of amides is 1. The third kappa shape index (κ3) is 5.64. The van der Waals surface area contributed by atoms with Crippen LogP contribution in [-0.2, 0) is 4.79 Å². The van der Waals surface area contributed by atoms with E-state index < -0.39 is 0 Å². The van der Waals surface area contributed by atoms with Crippen LogP contribution in [0.25, 0.3) is 0 Å². The Morgan fingerprint density at radius 1 is 0.971 bits per heavy atom. The highest BCUT2D eigenvalue weighted by atomic mass is 19.1. The SMILES string of the molecule is COc1ccc(F)cc1N1CCN(CCC(C(=O)N2CC3CCC(CC3)C2)c2ccccc2)CC1. The van der Waals surface area contributed by atoms with Gasteiger partial charge in [0.15, 0.2) is 0 Å². The highest BCUT2D eigenvalue weighted by molar-refractivity contribution is 5.84. The maximum atomic E-state index is 13.9. The Bertz CT molecular complexity index is 971. The molecule has 3 heterocycles. The van der Waals surface area contributed by atoms with Crippen LogP contribution in [0.4, 0.5) is 10.1 Å². The van der Waals surface area contributed by atoms with Crippen molar-refractivity contribution in [1.29, 1.82) is 0 Å². The van der Waals surface area contributed by atoms with E-state index in [0.717, 1.165) is 63.5 Å². The van der Waals surface area contributed by atoms with E-state index >= 15 is 0 Å². The van der Waals surface area contributed by atoms with Gasteiger partial charge < -0.3 is 14.5 Å². The summed E-state index contributed by atoms with van der Waals surface area (Å²) in [6.07, 6.45) is 5.96. The third-order valence-electron chi connectivity index (χ3n) is 8.32. The van der Waals surface area contributed by atoms with E-state index in [0.29, 0.717) is 23.5 Å². The molecule has 4 aliphatic rings. The fourth-order valence-corrected chi connectivity index (χ4v) is 6.25. The molecule has 0 spiro atoms. The number of carbonyl (C=O) groups excluding carboxylic acids is 1. The van der Waals surface area contributed by atoms with Crippen molar-refractivity contribution in [3.8, 4) is 5.75 Å². The Kier molecular flexibility index (Phi) is 7.57. The first-order valence-electron chi connectivity index (χ1n) is 13.3. The van der Waals surface area contributed by atoms with E-state index in [1.54, 1.807) is 19.2 Å². The number of halogens is 1. The Morgan fingerprint density at radius 3 is 2.26 bits per heavy atom. The minimum Gasteiger partial charge on any atom is -0.495 e. The molecule has 2 aromatic carbocycles. The van der Waals surface area contributed by atoms with Crippen molar-refractivity contribution in [1.82, 2.24) is 9.80 Å². The average Bonchev–Trinajstić information content (AvgIpc) is 3.24. The number of piperazine rings is 1. The molecule has 6 rings (SSSR count).